The fourth-order valence-electron chi connectivity index (χ4n) is 5.10. The van der Waals surface area contributed by atoms with Gasteiger partial charge in [0.05, 0.1) is 23.8 Å². The lowest BCUT2D eigenvalue weighted by atomic mass is 9.78. The van der Waals surface area contributed by atoms with Crippen molar-refractivity contribution >= 4 is 17.4 Å². The van der Waals surface area contributed by atoms with Gasteiger partial charge >= 0.3 is 5.91 Å². The Morgan fingerprint density at radius 1 is 1.12 bits per heavy atom. The summed E-state index contributed by atoms with van der Waals surface area (Å²) < 4.78 is 0. The SMILES string of the molecule is CC(C)c1ccc2c(c1)C(=O)C(=O)N2C[NH+]1CCC[C@H]2CCCC[C@@H]21. The third-order valence-electron chi connectivity index (χ3n) is 6.53. The molecule has 4 rings (SSSR count). The Morgan fingerprint density at radius 2 is 1.88 bits per heavy atom. The minimum atomic E-state index is -0.332. The summed E-state index contributed by atoms with van der Waals surface area (Å²) in [6.07, 6.45) is 7.87. The smallest absolute Gasteiger partial charge is 0.303 e. The molecule has 1 amide bonds. The molecule has 1 saturated carbocycles. The first kappa shape index (κ1) is 16.8. The first-order chi connectivity index (χ1) is 12.1. The third-order valence-corrected chi connectivity index (χ3v) is 6.53. The number of carbonyl (C=O) groups is 2. The van der Waals surface area contributed by atoms with Gasteiger partial charge in [0.15, 0.2) is 6.67 Å². The molecule has 0 spiro atoms. The highest BCUT2D eigenvalue weighted by Gasteiger charge is 2.42. The second-order valence-electron chi connectivity index (χ2n) is 8.35. The number of Topliss-reactive ketones (excluding diaryl/α,β-unsaturated/α-hetero) is 1. The van der Waals surface area contributed by atoms with Crippen LogP contribution >= 0.6 is 0 Å². The van der Waals surface area contributed by atoms with Crippen LogP contribution in [-0.2, 0) is 4.79 Å². The standard InChI is InChI=1S/C21H28N2O2/c1-14(2)16-9-10-19-17(12-16)20(24)21(25)23(19)13-22-11-5-7-15-6-3-4-8-18(15)22/h9-10,12,14-15,18H,3-8,11,13H2,1-2H3/p+1/t15-,18+/m1/s1. The number of piperidine rings is 1. The number of likely N-dealkylation sites (tertiary alicyclic amines) is 1. The van der Waals surface area contributed by atoms with E-state index in [4.69, 9.17) is 0 Å². The minimum absolute atomic E-state index is 0.325. The van der Waals surface area contributed by atoms with Crippen molar-refractivity contribution in [3.63, 3.8) is 0 Å². The van der Waals surface area contributed by atoms with Gasteiger partial charge in [-0.15, -0.1) is 0 Å². The van der Waals surface area contributed by atoms with Crippen LogP contribution in [0.4, 0.5) is 5.69 Å². The van der Waals surface area contributed by atoms with Gasteiger partial charge < -0.3 is 4.90 Å². The maximum atomic E-state index is 12.6. The molecule has 134 valence electrons. The van der Waals surface area contributed by atoms with Gasteiger partial charge in [-0.3, -0.25) is 14.5 Å². The van der Waals surface area contributed by atoms with Crippen LogP contribution in [0.1, 0.15) is 74.2 Å². The average Bonchev–Trinajstić information content (AvgIpc) is 2.86. The average molecular weight is 341 g/mol. The Balaban J connectivity index is 1.59. The van der Waals surface area contributed by atoms with Crippen LogP contribution < -0.4 is 9.80 Å². The summed E-state index contributed by atoms with van der Waals surface area (Å²) in [5.74, 6) is 0.516. The highest BCUT2D eigenvalue weighted by Crippen LogP contribution is 2.32. The molecule has 1 aromatic rings. The lowest BCUT2D eigenvalue weighted by Gasteiger charge is -2.42. The van der Waals surface area contributed by atoms with Gasteiger partial charge in [-0.05, 0) is 55.7 Å². The Bertz CT molecular complexity index is 695. The Hall–Kier alpha value is -1.68. The number of ketones is 1. The van der Waals surface area contributed by atoms with Crippen LogP contribution in [-0.4, -0.2) is 30.9 Å². The van der Waals surface area contributed by atoms with E-state index in [1.54, 1.807) is 4.90 Å². The van der Waals surface area contributed by atoms with Crippen molar-refractivity contribution < 1.29 is 14.5 Å². The number of nitrogens with zero attached hydrogens (tertiary/aromatic N) is 1. The molecule has 0 aromatic heterocycles. The zero-order valence-electron chi connectivity index (χ0n) is 15.4. The van der Waals surface area contributed by atoms with Gasteiger partial charge in [-0.1, -0.05) is 26.3 Å². The van der Waals surface area contributed by atoms with E-state index in [9.17, 15) is 9.59 Å². The van der Waals surface area contributed by atoms with Crippen molar-refractivity contribution in [3.05, 3.63) is 29.3 Å². The number of amides is 1. The molecule has 3 atom stereocenters. The molecule has 0 bridgehead atoms. The first-order valence-corrected chi connectivity index (χ1v) is 9.91. The van der Waals surface area contributed by atoms with Crippen molar-refractivity contribution in [2.75, 3.05) is 18.1 Å². The maximum Gasteiger partial charge on any atom is 0.303 e. The molecule has 1 saturated heterocycles. The fraction of sp³-hybridized carbons (Fsp3) is 0.619. The van der Waals surface area contributed by atoms with Crippen LogP contribution in [0.15, 0.2) is 18.2 Å². The largest absolute Gasteiger partial charge is 0.315 e. The molecule has 1 aromatic carbocycles. The highest BCUT2D eigenvalue weighted by molar-refractivity contribution is 6.52. The van der Waals surface area contributed by atoms with E-state index in [1.807, 2.05) is 12.1 Å². The second kappa shape index (κ2) is 6.56. The lowest BCUT2D eigenvalue weighted by Crippen LogP contribution is -3.19. The van der Waals surface area contributed by atoms with Gasteiger partial charge in [0, 0.05) is 5.92 Å². The predicted molar refractivity (Wildman–Crippen MR) is 98.0 cm³/mol. The molecule has 1 N–H and O–H groups in total. The van der Waals surface area contributed by atoms with Crippen molar-refractivity contribution in [3.8, 4) is 0 Å². The summed E-state index contributed by atoms with van der Waals surface area (Å²) in [4.78, 5) is 28.4. The zero-order chi connectivity index (χ0) is 17.6. The number of hydrogen-bond acceptors (Lipinski definition) is 2. The van der Waals surface area contributed by atoms with Gasteiger partial charge in [-0.25, -0.2) is 0 Å². The topological polar surface area (TPSA) is 41.8 Å². The van der Waals surface area contributed by atoms with E-state index in [0.29, 0.717) is 24.2 Å². The Morgan fingerprint density at radius 3 is 2.68 bits per heavy atom. The van der Waals surface area contributed by atoms with E-state index < -0.39 is 0 Å². The summed E-state index contributed by atoms with van der Waals surface area (Å²) in [6.45, 7) is 6.00. The fourth-order valence-corrected chi connectivity index (χ4v) is 5.10. The zero-order valence-corrected chi connectivity index (χ0v) is 15.4. The van der Waals surface area contributed by atoms with E-state index in [-0.39, 0.29) is 11.7 Å². The van der Waals surface area contributed by atoms with E-state index in [0.717, 1.165) is 23.7 Å². The second-order valence-corrected chi connectivity index (χ2v) is 8.35. The van der Waals surface area contributed by atoms with Crippen molar-refractivity contribution in [1.29, 1.82) is 0 Å². The molecule has 4 nitrogen and oxygen atoms in total. The molecule has 2 aliphatic heterocycles. The molecular weight excluding hydrogens is 312 g/mol. The highest BCUT2D eigenvalue weighted by atomic mass is 16.2. The first-order valence-electron chi connectivity index (χ1n) is 9.91. The van der Waals surface area contributed by atoms with Gasteiger partial charge in [0.1, 0.15) is 0 Å². The molecule has 0 radical (unpaired) electrons. The van der Waals surface area contributed by atoms with Crippen LogP contribution in [0, 0.1) is 5.92 Å². The van der Waals surface area contributed by atoms with Crippen molar-refractivity contribution in [2.24, 2.45) is 5.92 Å². The summed E-state index contributed by atoms with van der Waals surface area (Å²) in [5.41, 5.74) is 2.55. The number of fused-ring (bicyclic) bond motifs is 2. The number of hydrogen-bond donors (Lipinski definition) is 1. The number of nitrogens with one attached hydrogen (secondary N) is 1. The number of rotatable bonds is 3. The lowest BCUT2D eigenvalue weighted by molar-refractivity contribution is -0.935. The third kappa shape index (κ3) is 2.91. The number of benzene rings is 1. The van der Waals surface area contributed by atoms with Crippen LogP contribution in [0.3, 0.4) is 0 Å². The molecule has 3 aliphatic rings. The molecule has 1 unspecified atom stereocenters. The van der Waals surface area contributed by atoms with Gasteiger partial charge in [0.25, 0.3) is 5.78 Å². The van der Waals surface area contributed by atoms with Crippen molar-refractivity contribution in [1.82, 2.24) is 0 Å². The quantitative estimate of drug-likeness (QED) is 0.859. The summed E-state index contributed by atoms with van der Waals surface area (Å²) >= 11 is 0. The van der Waals surface area contributed by atoms with E-state index >= 15 is 0 Å². The number of quaternary nitrogens is 1. The van der Waals surface area contributed by atoms with Gasteiger partial charge in [0.2, 0.25) is 0 Å². The maximum absolute atomic E-state index is 12.6. The molecule has 25 heavy (non-hydrogen) atoms. The molecule has 4 heteroatoms. The summed E-state index contributed by atoms with van der Waals surface area (Å²) in [6, 6.07) is 6.64. The van der Waals surface area contributed by atoms with Crippen LogP contribution in [0.5, 0.6) is 0 Å². The molecule has 2 heterocycles. The Labute approximate surface area is 150 Å². The van der Waals surface area contributed by atoms with E-state index in [1.165, 1.54) is 43.4 Å². The predicted octanol–water partition coefficient (Wildman–Crippen LogP) is 2.53. The van der Waals surface area contributed by atoms with Crippen molar-refractivity contribution in [2.45, 2.75) is 64.3 Å². The summed E-state index contributed by atoms with van der Waals surface area (Å²) in [7, 11) is 0. The molecule has 2 fully saturated rings. The Kier molecular flexibility index (Phi) is 4.40. The molecule has 1 aliphatic carbocycles. The number of carbonyl (C=O) groups excluding carboxylic acids is 2. The minimum Gasteiger partial charge on any atom is -0.315 e. The van der Waals surface area contributed by atoms with Gasteiger partial charge in [-0.2, -0.15) is 0 Å². The van der Waals surface area contributed by atoms with Crippen LogP contribution in [0.2, 0.25) is 0 Å². The summed E-state index contributed by atoms with van der Waals surface area (Å²) in [5, 5.41) is 0. The van der Waals surface area contributed by atoms with Crippen LogP contribution in [0.25, 0.3) is 0 Å². The van der Waals surface area contributed by atoms with E-state index in [2.05, 4.69) is 19.9 Å². The number of anilines is 1. The normalized spacial score (nSPS) is 29.1. The molecular formula is C21H29N2O2+. The monoisotopic (exact) mass is 341 g/mol.